The number of fused-ring (bicyclic) bond motifs is 1. The molecule has 1 aliphatic carbocycles. The van der Waals surface area contributed by atoms with Crippen LogP contribution in [0.15, 0.2) is 60.7 Å². The Morgan fingerprint density at radius 3 is 2.46 bits per heavy atom. The van der Waals surface area contributed by atoms with E-state index in [0.29, 0.717) is 17.2 Å². The smallest absolute Gasteiger partial charge is 0.270 e. The summed E-state index contributed by atoms with van der Waals surface area (Å²) in [6, 6.07) is 17.4. The third-order valence-corrected chi connectivity index (χ3v) is 4.87. The van der Waals surface area contributed by atoms with E-state index in [1.54, 1.807) is 18.2 Å². The van der Waals surface area contributed by atoms with Gasteiger partial charge < -0.3 is 16.4 Å². The summed E-state index contributed by atoms with van der Waals surface area (Å²) in [6.07, 6.45) is 1.54. The first-order valence-electron chi connectivity index (χ1n) is 9.10. The number of aromatic nitrogens is 1. The van der Waals surface area contributed by atoms with Gasteiger partial charge in [0.15, 0.2) is 0 Å². The van der Waals surface area contributed by atoms with Gasteiger partial charge in [-0.1, -0.05) is 30.3 Å². The van der Waals surface area contributed by atoms with Crippen LogP contribution in [0.25, 0.3) is 0 Å². The maximum atomic E-state index is 13.4. The molecular weight excluding hydrogens is 355 g/mol. The molecule has 0 fully saturated rings. The number of nitrogens with two attached hydrogens (primary N) is 1. The first-order valence-corrected chi connectivity index (χ1v) is 9.10. The predicted octanol–water partition coefficient (Wildman–Crippen LogP) is 3.83. The second-order valence-corrected chi connectivity index (χ2v) is 7.44. The van der Waals surface area contributed by atoms with Crippen molar-refractivity contribution in [2.24, 2.45) is 0 Å². The molecule has 4 rings (SSSR count). The Morgan fingerprint density at radius 2 is 1.79 bits per heavy atom. The van der Waals surface area contributed by atoms with Gasteiger partial charge in [0.2, 0.25) is 0 Å². The Hall–Kier alpha value is -3.41. The van der Waals surface area contributed by atoms with E-state index in [1.165, 1.54) is 29.3 Å². The van der Waals surface area contributed by atoms with E-state index in [4.69, 9.17) is 5.73 Å². The van der Waals surface area contributed by atoms with E-state index >= 15 is 0 Å². The number of benzene rings is 2. The van der Waals surface area contributed by atoms with Crippen LogP contribution in [0, 0.1) is 5.82 Å². The van der Waals surface area contributed by atoms with Crippen molar-refractivity contribution >= 4 is 23.1 Å². The fraction of sp³-hybridized carbons (Fsp3) is 0.182. The highest BCUT2D eigenvalue weighted by molar-refractivity contribution is 5.94. The number of nitrogens with one attached hydrogen (secondary N) is 2. The monoisotopic (exact) mass is 376 g/mol. The fourth-order valence-electron chi connectivity index (χ4n) is 3.68. The van der Waals surface area contributed by atoms with Crippen LogP contribution in [-0.2, 0) is 12.8 Å². The Labute approximate surface area is 162 Å². The summed E-state index contributed by atoms with van der Waals surface area (Å²) in [5, 5.41) is 6.09. The van der Waals surface area contributed by atoms with E-state index in [1.807, 2.05) is 19.1 Å². The maximum absolute atomic E-state index is 13.4. The van der Waals surface area contributed by atoms with Crippen LogP contribution in [0.2, 0.25) is 0 Å². The molecule has 1 heterocycles. The van der Waals surface area contributed by atoms with Gasteiger partial charge in [0.05, 0.1) is 0 Å². The number of nitrogen functional groups attached to an aromatic ring is 1. The van der Waals surface area contributed by atoms with Gasteiger partial charge >= 0.3 is 0 Å². The van der Waals surface area contributed by atoms with Crippen molar-refractivity contribution in [1.82, 2.24) is 10.3 Å². The highest BCUT2D eigenvalue weighted by Gasteiger charge is 2.34. The Balaban J connectivity index is 1.53. The average molecular weight is 376 g/mol. The third kappa shape index (κ3) is 3.81. The summed E-state index contributed by atoms with van der Waals surface area (Å²) in [7, 11) is 0. The quantitative estimate of drug-likeness (QED) is 0.646. The van der Waals surface area contributed by atoms with Gasteiger partial charge in [-0.05, 0) is 55.2 Å². The Bertz CT molecular complexity index is 1030. The second-order valence-electron chi connectivity index (χ2n) is 7.44. The Morgan fingerprint density at radius 1 is 1.07 bits per heavy atom. The van der Waals surface area contributed by atoms with Crippen molar-refractivity contribution in [2.45, 2.75) is 25.3 Å². The van der Waals surface area contributed by atoms with Crippen molar-refractivity contribution in [3.8, 4) is 0 Å². The number of anilines is 3. The molecule has 142 valence electrons. The number of nitrogens with zero attached hydrogens (tertiary/aromatic N) is 1. The van der Waals surface area contributed by atoms with Crippen LogP contribution in [0.4, 0.5) is 21.6 Å². The number of pyridine rings is 1. The standard InChI is InChI=1S/C22H21FN4O/c1-22(12-14-5-2-3-6-15(14)13-22)27-21(28)19-10-17(24)11-20(26-19)25-18-8-4-7-16(23)9-18/h2-11H,12-13H2,1H3,(H,27,28)(H3,24,25,26). The molecule has 3 aromatic rings. The molecule has 2 aromatic carbocycles. The highest BCUT2D eigenvalue weighted by Crippen LogP contribution is 2.30. The molecule has 0 aliphatic heterocycles. The zero-order chi connectivity index (χ0) is 19.7. The summed E-state index contributed by atoms with van der Waals surface area (Å²) >= 11 is 0. The Kier molecular flexibility index (Phi) is 4.47. The summed E-state index contributed by atoms with van der Waals surface area (Å²) < 4.78 is 13.4. The lowest BCUT2D eigenvalue weighted by Gasteiger charge is -2.25. The third-order valence-electron chi connectivity index (χ3n) is 4.87. The zero-order valence-electron chi connectivity index (χ0n) is 15.5. The maximum Gasteiger partial charge on any atom is 0.270 e. The van der Waals surface area contributed by atoms with E-state index in [9.17, 15) is 9.18 Å². The molecule has 1 amide bonds. The fourth-order valence-corrected chi connectivity index (χ4v) is 3.68. The minimum absolute atomic E-state index is 0.219. The molecule has 6 heteroatoms. The van der Waals surface area contributed by atoms with Crippen molar-refractivity contribution in [2.75, 3.05) is 11.1 Å². The number of amides is 1. The van der Waals surface area contributed by atoms with Gasteiger partial charge in [-0.3, -0.25) is 4.79 Å². The lowest BCUT2D eigenvalue weighted by Crippen LogP contribution is -2.47. The van der Waals surface area contributed by atoms with Crippen LogP contribution in [0.5, 0.6) is 0 Å². The van der Waals surface area contributed by atoms with Gasteiger partial charge in [-0.15, -0.1) is 0 Å². The molecule has 1 aliphatic rings. The molecule has 0 saturated carbocycles. The van der Waals surface area contributed by atoms with Gasteiger partial charge in [-0.25, -0.2) is 9.37 Å². The van der Waals surface area contributed by atoms with Crippen LogP contribution < -0.4 is 16.4 Å². The van der Waals surface area contributed by atoms with Crippen molar-refractivity contribution in [1.29, 1.82) is 0 Å². The second kappa shape index (κ2) is 6.96. The molecule has 0 atom stereocenters. The molecule has 5 nitrogen and oxygen atoms in total. The van der Waals surface area contributed by atoms with E-state index < -0.39 is 0 Å². The number of halogens is 1. The first-order chi connectivity index (χ1) is 13.4. The number of rotatable bonds is 4. The lowest BCUT2D eigenvalue weighted by atomic mass is 9.98. The molecule has 4 N–H and O–H groups in total. The number of carbonyl (C=O) groups excluding carboxylic acids is 1. The van der Waals surface area contributed by atoms with Crippen LogP contribution in [-0.4, -0.2) is 16.4 Å². The van der Waals surface area contributed by atoms with E-state index in [2.05, 4.69) is 27.8 Å². The number of hydrogen-bond acceptors (Lipinski definition) is 4. The normalized spacial score (nSPS) is 14.4. The van der Waals surface area contributed by atoms with E-state index in [-0.39, 0.29) is 23.0 Å². The van der Waals surface area contributed by atoms with Crippen molar-refractivity contribution in [3.63, 3.8) is 0 Å². The largest absolute Gasteiger partial charge is 0.399 e. The highest BCUT2D eigenvalue weighted by atomic mass is 19.1. The minimum atomic E-state index is -0.372. The molecule has 1 aromatic heterocycles. The van der Waals surface area contributed by atoms with Crippen molar-refractivity contribution in [3.05, 3.63) is 83.3 Å². The summed E-state index contributed by atoms with van der Waals surface area (Å²) in [6.45, 7) is 2.03. The molecule has 0 unspecified atom stereocenters. The first kappa shape index (κ1) is 18.0. The number of hydrogen-bond donors (Lipinski definition) is 3. The molecular formula is C22H21FN4O. The molecule has 0 spiro atoms. The van der Waals surface area contributed by atoms with Crippen molar-refractivity contribution < 1.29 is 9.18 Å². The van der Waals surface area contributed by atoms with Crippen LogP contribution in [0.3, 0.4) is 0 Å². The predicted molar refractivity (Wildman–Crippen MR) is 108 cm³/mol. The summed E-state index contributed by atoms with van der Waals surface area (Å²) in [5.41, 5.74) is 9.23. The van der Waals surface area contributed by atoms with Gasteiger partial charge in [0.1, 0.15) is 17.3 Å². The van der Waals surface area contributed by atoms with Gasteiger partial charge in [0, 0.05) is 23.0 Å². The molecule has 28 heavy (non-hydrogen) atoms. The zero-order valence-corrected chi connectivity index (χ0v) is 15.5. The summed E-state index contributed by atoms with van der Waals surface area (Å²) in [5.74, 6) is -0.263. The SMILES string of the molecule is CC1(NC(=O)c2cc(N)cc(Nc3cccc(F)c3)n2)Cc2ccccc2C1. The van der Waals surface area contributed by atoms with Gasteiger partial charge in [-0.2, -0.15) is 0 Å². The summed E-state index contributed by atoms with van der Waals surface area (Å²) in [4.78, 5) is 17.2. The average Bonchev–Trinajstić information content (AvgIpc) is 2.96. The van der Waals surface area contributed by atoms with Crippen LogP contribution >= 0.6 is 0 Å². The lowest BCUT2D eigenvalue weighted by molar-refractivity contribution is 0.0904. The van der Waals surface area contributed by atoms with Crippen LogP contribution in [0.1, 0.15) is 28.5 Å². The van der Waals surface area contributed by atoms with Gasteiger partial charge in [0.25, 0.3) is 5.91 Å². The molecule has 0 saturated heterocycles. The van der Waals surface area contributed by atoms with E-state index in [0.717, 1.165) is 12.8 Å². The topological polar surface area (TPSA) is 80.0 Å². The molecule has 0 bridgehead atoms. The number of carbonyl (C=O) groups is 1. The minimum Gasteiger partial charge on any atom is -0.399 e. The molecule has 0 radical (unpaired) electrons.